The summed E-state index contributed by atoms with van der Waals surface area (Å²) in [6, 6.07) is 9.19. The van der Waals surface area contributed by atoms with Gasteiger partial charge in [-0.05, 0) is 12.8 Å². The summed E-state index contributed by atoms with van der Waals surface area (Å²) in [5, 5.41) is 0. The lowest BCUT2D eigenvalue weighted by molar-refractivity contribution is -0.00924. The Bertz CT molecular complexity index is 459. The van der Waals surface area contributed by atoms with E-state index in [1.807, 2.05) is 18.2 Å². The molecule has 1 fully saturated rings. The van der Waals surface area contributed by atoms with Crippen LogP contribution < -0.4 is 5.73 Å². The van der Waals surface area contributed by atoms with E-state index >= 15 is 0 Å². The van der Waals surface area contributed by atoms with E-state index in [-0.39, 0.29) is 5.78 Å². The normalized spacial score (nSPS) is 19.1. The monoisotopic (exact) mass is 259 g/mol. The van der Waals surface area contributed by atoms with Crippen molar-refractivity contribution in [1.82, 2.24) is 0 Å². The van der Waals surface area contributed by atoms with Gasteiger partial charge in [0.1, 0.15) is 5.60 Å². The van der Waals surface area contributed by atoms with Crippen LogP contribution in [-0.2, 0) is 4.74 Å². The Kier molecular flexibility index (Phi) is 4.38. The molecule has 0 heterocycles. The van der Waals surface area contributed by atoms with Crippen LogP contribution in [0, 0.1) is 0 Å². The zero-order chi connectivity index (χ0) is 13.7. The number of allylic oxidation sites excluding steroid dienone is 1. The lowest BCUT2D eigenvalue weighted by Gasteiger charge is -2.36. The van der Waals surface area contributed by atoms with Crippen LogP contribution in [0.5, 0.6) is 0 Å². The Hall–Kier alpha value is -1.61. The van der Waals surface area contributed by atoms with Gasteiger partial charge in [-0.3, -0.25) is 4.79 Å². The molecule has 1 aliphatic rings. The van der Waals surface area contributed by atoms with E-state index in [2.05, 4.69) is 0 Å². The molecule has 3 nitrogen and oxygen atoms in total. The molecule has 1 saturated carbocycles. The maximum atomic E-state index is 12.1. The molecule has 0 radical (unpaired) electrons. The standard InChI is InChI=1S/C16H21NO2/c1-19-16(10-6-3-7-11-16)15(17)12-14(18)13-8-4-2-5-9-13/h2,4-5,8-9,12H,3,6-7,10-11,17H2,1H3/b15-12+. The average molecular weight is 259 g/mol. The Morgan fingerprint density at radius 3 is 2.42 bits per heavy atom. The minimum atomic E-state index is -0.442. The van der Waals surface area contributed by atoms with Gasteiger partial charge in [0.25, 0.3) is 0 Å². The van der Waals surface area contributed by atoms with Gasteiger partial charge in [0.05, 0.1) is 0 Å². The zero-order valence-electron chi connectivity index (χ0n) is 11.4. The minimum Gasteiger partial charge on any atom is -0.400 e. The molecule has 2 N–H and O–H groups in total. The zero-order valence-corrected chi connectivity index (χ0v) is 11.4. The molecule has 0 spiro atoms. The van der Waals surface area contributed by atoms with Crippen molar-refractivity contribution in [1.29, 1.82) is 0 Å². The molecular formula is C16H21NO2. The fourth-order valence-electron chi connectivity index (χ4n) is 2.69. The molecule has 1 aromatic carbocycles. The smallest absolute Gasteiger partial charge is 0.187 e. The van der Waals surface area contributed by atoms with Gasteiger partial charge < -0.3 is 10.5 Å². The number of carbonyl (C=O) groups excluding carboxylic acids is 1. The van der Waals surface area contributed by atoms with E-state index < -0.39 is 5.60 Å². The molecule has 1 aromatic rings. The summed E-state index contributed by atoms with van der Waals surface area (Å²) in [5.74, 6) is -0.0555. The highest BCUT2D eigenvalue weighted by molar-refractivity contribution is 6.04. The Morgan fingerprint density at radius 2 is 1.84 bits per heavy atom. The van der Waals surface area contributed by atoms with Gasteiger partial charge in [0, 0.05) is 24.4 Å². The van der Waals surface area contributed by atoms with Gasteiger partial charge in [-0.15, -0.1) is 0 Å². The number of nitrogens with two attached hydrogens (primary N) is 1. The lowest BCUT2D eigenvalue weighted by Crippen LogP contribution is -2.40. The van der Waals surface area contributed by atoms with Crippen molar-refractivity contribution >= 4 is 5.78 Å². The van der Waals surface area contributed by atoms with Crippen LogP contribution in [0.25, 0.3) is 0 Å². The first-order chi connectivity index (χ1) is 9.18. The van der Waals surface area contributed by atoms with Crippen molar-refractivity contribution in [3.8, 4) is 0 Å². The molecule has 3 heteroatoms. The van der Waals surface area contributed by atoms with E-state index in [0.717, 1.165) is 25.7 Å². The maximum Gasteiger partial charge on any atom is 0.187 e. The predicted octanol–water partition coefficient (Wildman–Crippen LogP) is 3.06. The largest absolute Gasteiger partial charge is 0.400 e. The summed E-state index contributed by atoms with van der Waals surface area (Å²) in [6.45, 7) is 0. The molecule has 2 rings (SSSR count). The van der Waals surface area contributed by atoms with Crippen molar-refractivity contribution in [3.63, 3.8) is 0 Å². The van der Waals surface area contributed by atoms with Crippen LogP contribution in [0.15, 0.2) is 42.1 Å². The summed E-state index contributed by atoms with van der Waals surface area (Å²) in [7, 11) is 1.68. The minimum absolute atomic E-state index is 0.0555. The molecule has 0 bridgehead atoms. The Balaban J connectivity index is 2.19. The molecule has 0 unspecified atom stereocenters. The third-order valence-corrected chi connectivity index (χ3v) is 3.92. The van der Waals surface area contributed by atoms with Gasteiger partial charge in [-0.25, -0.2) is 0 Å². The van der Waals surface area contributed by atoms with Crippen molar-refractivity contribution in [2.75, 3.05) is 7.11 Å². The third-order valence-electron chi connectivity index (χ3n) is 3.92. The summed E-state index contributed by atoms with van der Waals surface area (Å²) < 4.78 is 5.63. The van der Waals surface area contributed by atoms with Crippen molar-refractivity contribution in [3.05, 3.63) is 47.7 Å². The van der Waals surface area contributed by atoms with Gasteiger partial charge in [0.2, 0.25) is 0 Å². The second-order valence-corrected chi connectivity index (χ2v) is 5.09. The number of hydrogen-bond acceptors (Lipinski definition) is 3. The molecule has 19 heavy (non-hydrogen) atoms. The van der Waals surface area contributed by atoms with Crippen molar-refractivity contribution in [2.45, 2.75) is 37.7 Å². The fraction of sp³-hybridized carbons (Fsp3) is 0.438. The topological polar surface area (TPSA) is 52.3 Å². The molecule has 0 amide bonds. The molecule has 1 aliphatic carbocycles. The van der Waals surface area contributed by atoms with Crippen LogP contribution in [0.1, 0.15) is 42.5 Å². The summed E-state index contributed by atoms with van der Waals surface area (Å²) in [4.78, 5) is 12.1. The molecule has 102 valence electrons. The number of ketones is 1. The predicted molar refractivity (Wildman–Crippen MR) is 75.9 cm³/mol. The quantitative estimate of drug-likeness (QED) is 0.668. The second kappa shape index (κ2) is 6.02. The highest BCUT2D eigenvalue weighted by atomic mass is 16.5. The molecular weight excluding hydrogens is 238 g/mol. The SMILES string of the molecule is COC1(/C(N)=C\C(=O)c2ccccc2)CCCCC1. The van der Waals surface area contributed by atoms with Crippen LogP contribution in [0.4, 0.5) is 0 Å². The van der Waals surface area contributed by atoms with E-state index in [4.69, 9.17) is 10.5 Å². The fourth-order valence-corrected chi connectivity index (χ4v) is 2.69. The number of rotatable bonds is 4. The number of benzene rings is 1. The summed E-state index contributed by atoms with van der Waals surface area (Å²) in [6.07, 6.45) is 6.74. The second-order valence-electron chi connectivity index (χ2n) is 5.09. The molecule has 0 atom stereocenters. The van der Waals surface area contributed by atoms with Crippen molar-refractivity contribution in [2.24, 2.45) is 5.73 Å². The Labute approximate surface area is 114 Å². The Morgan fingerprint density at radius 1 is 1.21 bits per heavy atom. The summed E-state index contributed by atoms with van der Waals surface area (Å²) in [5.41, 5.74) is 6.92. The van der Waals surface area contributed by atoms with Crippen LogP contribution in [-0.4, -0.2) is 18.5 Å². The van der Waals surface area contributed by atoms with E-state index in [1.165, 1.54) is 12.5 Å². The molecule has 0 aromatic heterocycles. The van der Waals surface area contributed by atoms with E-state index in [9.17, 15) is 4.79 Å². The van der Waals surface area contributed by atoms with Gasteiger partial charge in [-0.2, -0.15) is 0 Å². The highest BCUT2D eigenvalue weighted by Crippen LogP contribution is 2.35. The third kappa shape index (κ3) is 3.04. The van der Waals surface area contributed by atoms with Gasteiger partial charge in [0.15, 0.2) is 5.78 Å². The van der Waals surface area contributed by atoms with Gasteiger partial charge >= 0.3 is 0 Å². The first-order valence-corrected chi connectivity index (χ1v) is 6.80. The lowest BCUT2D eigenvalue weighted by atomic mass is 9.81. The number of carbonyl (C=O) groups is 1. The first kappa shape index (κ1) is 13.8. The van der Waals surface area contributed by atoms with Crippen LogP contribution in [0.2, 0.25) is 0 Å². The van der Waals surface area contributed by atoms with E-state index in [0.29, 0.717) is 11.3 Å². The molecule has 0 aliphatic heterocycles. The molecule has 0 saturated heterocycles. The van der Waals surface area contributed by atoms with Crippen LogP contribution in [0.3, 0.4) is 0 Å². The number of methoxy groups -OCH3 is 1. The van der Waals surface area contributed by atoms with Crippen molar-refractivity contribution < 1.29 is 9.53 Å². The van der Waals surface area contributed by atoms with E-state index in [1.54, 1.807) is 19.2 Å². The van der Waals surface area contributed by atoms with Crippen LogP contribution >= 0.6 is 0 Å². The average Bonchev–Trinajstić information content (AvgIpc) is 2.48. The number of ether oxygens (including phenoxy) is 1. The summed E-state index contributed by atoms with van der Waals surface area (Å²) >= 11 is 0. The van der Waals surface area contributed by atoms with Gasteiger partial charge in [-0.1, -0.05) is 49.6 Å². The number of hydrogen-bond donors (Lipinski definition) is 1. The maximum absolute atomic E-state index is 12.1. The first-order valence-electron chi connectivity index (χ1n) is 6.80. The highest BCUT2D eigenvalue weighted by Gasteiger charge is 2.34.